The van der Waals surface area contributed by atoms with Gasteiger partial charge in [0.25, 0.3) is 0 Å². The van der Waals surface area contributed by atoms with Gasteiger partial charge in [-0.15, -0.1) is 0 Å². The molecular weight excluding hydrogens is 168 g/mol. The van der Waals surface area contributed by atoms with Gasteiger partial charge in [-0.05, 0) is 19.3 Å². The van der Waals surface area contributed by atoms with Crippen LogP contribution in [0.25, 0.3) is 0 Å². The van der Waals surface area contributed by atoms with Crippen LogP contribution in [0, 0.1) is 11.3 Å². The number of carbonyl (C=O) groups excluding carboxylic acids is 1. The van der Waals surface area contributed by atoms with Crippen molar-refractivity contribution in [3.63, 3.8) is 0 Å². The van der Waals surface area contributed by atoms with Crippen LogP contribution < -0.4 is 0 Å². The van der Waals surface area contributed by atoms with Crippen LogP contribution in [0.1, 0.15) is 34.1 Å². The van der Waals surface area contributed by atoms with Crippen molar-refractivity contribution in [3.8, 4) is 0 Å². The molecule has 0 aliphatic carbocycles. The second kappa shape index (κ2) is 5.22. The summed E-state index contributed by atoms with van der Waals surface area (Å²) < 4.78 is 5.01. The quantitative estimate of drug-likeness (QED) is 0.666. The first-order chi connectivity index (χ1) is 5.99. The summed E-state index contributed by atoms with van der Waals surface area (Å²) in [5.74, 6) is -0.214. The largest absolute Gasteiger partial charge is 0.465 e. The molecule has 0 fully saturated rings. The Morgan fingerprint density at radius 2 is 2.08 bits per heavy atom. The Hall–Kier alpha value is -0.570. The lowest BCUT2D eigenvalue weighted by Crippen LogP contribution is -2.38. The molecule has 0 bridgehead atoms. The number of hydrogen-bond acceptors (Lipinski definition) is 3. The van der Waals surface area contributed by atoms with Crippen LogP contribution >= 0.6 is 0 Å². The maximum atomic E-state index is 11.5. The molecule has 3 heteroatoms. The summed E-state index contributed by atoms with van der Waals surface area (Å²) in [4.78, 5) is 11.5. The SMILES string of the molecule is CCCOC(=O)C(C)(CO)C(C)C. The third kappa shape index (κ3) is 2.99. The van der Waals surface area contributed by atoms with Gasteiger partial charge in [0.15, 0.2) is 0 Å². The monoisotopic (exact) mass is 188 g/mol. The Morgan fingerprint density at radius 1 is 1.54 bits per heavy atom. The summed E-state index contributed by atoms with van der Waals surface area (Å²) in [5.41, 5.74) is -0.755. The maximum absolute atomic E-state index is 11.5. The van der Waals surface area contributed by atoms with Crippen LogP contribution in [0.15, 0.2) is 0 Å². The molecule has 13 heavy (non-hydrogen) atoms. The van der Waals surface area contributed by atoms with Crippen molar-refractivity contribution < 1.29 is 14.6 Å². The van der Waals surface area contributed by atoms with Gasteiger partial charge in [-0.25, -0.2) is 0 Å². The van der Waals surface area contributed by atoms with Crippen molar-refractivity contribution in [2.24, 2.45) is 11.3 Å². The highest BCUT2D eigenvalue weighted by Crippen LogP contribution is 2.27. The highest BCUT2D eigenvalue weighted by molar-refractivity contribution is 5.76. The summed E-state index contributed by atoms with van der Waals surface area (Å²) >= 11 is 0. The van der Waals surface area contributed by atoms with Crippen LogP contribution in [-0.2, 0) is 9.53 Å². The van der Waals surface area contributed by atoms with E-state index in [0.717, 1.165) is 6.42 Å². The molecule has 0 heterocycles. The Morgan fingerprint density at radius 3 is 2.38 bits per heavy atom. The Labute approximate surface area is 80.1 Å². The molecule has 1 atom stereocenters. The molecule has 0 saturated carbocycles. The topological polar surface area (TPSA) is 46.5 Å². The minimum atomic E-state index is -0.755. The number of hydrogen-bond donors (Lipinski definition) is 1. The van der Waals surface area contributed by atoms with Gasteiger partial charge in [-0.2, -0.15) is 0 Å². The zero-order valence-corrected chi connectivity index (χ0v) is 8.96. The average Bonchev–Trinajstić information content (AvgIpc) is 2.12. The smallest absolute Gasteiger partial charge is 0.314 e. The standard InChI is InChI=1S/C10H20O3/c1-5-6-13-9(12)10(4,7-11)8(2)3/h8,11H,5-7H2,1-4H3. The van der Waals surface area contributed by atoms with E-state index < -0.39 is 5.41 Å². The Kier molecular flexibility index (Phi) is 4.99. The van der Waals surface area contributed by atoms with Crippen molar-refractivity contribution in [2.45, 2.75) is 34.1 Å². The molecule has 0 aromatic carbocycles. The van der Waals surface area contributed by atoms with Crippen molar-refractivity contribution in [3.05, 3.63) is 0 Å². The van der Waals surface area contributed by atoms with E-state index in [2.05, 4.69) is 0 Å². The summed E-state index contributed by atoms with van der Waals surface area (Å²) in [6, 6.07) is 0. The molecular formula is C10H20O3. The molecule has 1 unspecified atom stereocenters. The fraction of sp³-hybridized carbons (Fsp3) is 0.900. The molecule has 0 rings (SSSR count). The summed E-state index contributed by atoms with van der Waals surface area (Å²) in [5, 5.41) is 9.12. The van der Waals surface area contributed by atoms with Gasteiger partial charge in [0, 0.05) is 0 Å². The first-order valence-electron chi connectivity index (χ1n) is 4.77. The molecule has 0 radical (unpaired) electrons. The van der Waals surface area contributed by atoms with Crippen molar-refractivity contribution >= 4 is 5.97 Å². The third-order valence-electron chi connectivity index (χ3n) is 2.51. The second-order valence-electron chi connectivity index (χ2n) is 3.87. The lowest BCUT2D eigenvalue weighted by atomic mass is 9.80. The molecule has 0 aliphatic rings. The third-order valence-corrected chi connectivity index (χ3v) is 2.51. The molecule has 0 spiro atoms. The van der Waals surface area contributed by atoms with Crippen molar-refractivity contribution in [1.82, 2.24) is 0 Å². The van der Waals surface area contributed by atoms with Gasteiger partial charge in [0.1, 0.15) is 0 Å². The second-order valence-corrected chi connectivity index (χ2v) is 3.87. The first-order valence-corrected chi connectivity index (χ1v) is 4.77. The molecule has 78 valence electrons. The van der Waals surface area contributed by atoms with Crippen molar-refractivity contribution in [2.75, 3.05) is 13.2 Å². The normalized spacial score (nSPS) is 15.5. The number of esters is 1. The van der Waals surface area contributed by atoms with Gasteiger partial charge in [-0.3, -0.25) is 4.79 Å². The molecule has 0 aliphatic heterocycles. The van der Waals surface area contributed by atoms with E-state index in [1.54, 1.807) is 6.92 Å². The fourth-order valence-electron chi connectivity index (χ4n) is 0.842. The van der Waals surface area contributed by atoms with Gasteiger partial charge in [0.05, 0.1) is 18.6 Å². The minimum Gasteiger partial charge on any atom is -0.465 e. The predicted molar refractivity (Wildman–Crippen MR) is 51.3 cm³/mol. The number of carbonyl (C=O) groups is 1. The number of aliphatic hydroxyl groups is 1. The zero-order chi connectivity index (χ0) is 10.5. The van der Waals surface area contributed by atoms with Gasteiger partial charge >= 0.3 is 5.97 Å². The van der Waals surface area contributed by atoms with E-state index in [4.69, 9.17) is 9.84 Å². The van der Waals surface area contributed by atoms with E-state index in [-0.39, 0.29) is 18.5 Å². The van der Waals surface area contributed by atoms with E-state index >= 15 is 0 Å². The van der Waals surface area contributed by atoms with E-state index in [9.17, 15) is 4.79 Å². The summed E-state index contributed by atoms with van der Waals surface area (Å²) in [6.07, 6.45) is 0.811. The molecule has 3 nitrogen and oxygen atoms in total. The minimum absolute atomic E-state index is 0.0851. The predicted octanol–water partition coefficient (Wildman–Crippen LogP) is 1.59. The highest BCUT2D eigenvalue weighted by atomic mass is 16.5. The number of rotatable bonds is 5. The van der Waals surface area contributed by atoms with Gasteiger partial charge < -0.3 is 9.84 Å². The number of ether oxygens (including phenoxy) is 1. The highest BCUT2D eigenvalue weighted by Gasteiger charge is 2.37. The summed E-state index contributed by atoms with van der Waals surface area (Å²) in [7, 11) is 0. The lowest BCUT2D eigenvalue weighted by Gasteiger charge is -2.28. The molecule has 0 aromatic heterocycles. The van der Waals surface area contributed by atoms with Crippen LogP contribution in [0.3, 0.4) is 0 Å². The van der Waals surface area contributed by atoms with E-state index in [0.29, 0.717) is 6.61 Å². The van der Waals surface area contributed by atoms with E-state index in [1.807, 2.05) is 20.8 Å². The van der Waals surface area contributed by atoms with Crippen LogP contribution in [0.2, 0.25) is 0 Å². The van der Waals surface area contributed by atoms with Crippen LogP contribution in [0.4, 0.5) is 0 Å². The van der Waals surface area contributed by atoms with Gasteiger partial charge in [-0.1, -0.05) is 20.8 Å². The lowest BCUT2D eigenvalue weighted by molar-refractivity contribution is -0.160. The maximum Gasteiger partial charge on any atom is 0.314 e. The molecule has 0 amide bonds. The Bertz CT molecular complexity index is 166. The average molecular weight is 188 g/mol. The van der Waals surface area contributed by atoms with Gasteiger partial charge in [0.2, 0.25) is 0 Å². The zero-order valence-electron chi connectivity index (χ0n) is 8.96. The van der Waals surface area contributed by atoms with Crippen LogP contribution in [0.5, 0.6) is 0 Å². The van der Waals surface area contributed by atoms with E-state index in [1.165, 1.54) is 0 Å². The summed E-state index contributed by atoms with van der Waals surface area (Å²) in [6.45, 7) is 7.76. The molecule has 1 N–H and O–H groups in total. The number of aliphatic hydroxyl groups excluding tert-OH is 1. The van der Waals surface area contributed by atoms with Crippen LogP contribution in [-0.4, -0.2) is 24.3 Å². The Balaban J connectivity index is 4.30. The molecule has 0 aromatic rings. The fourth-order valence-corrected chi connectivity index (χ4v) is 0.842. The van der Waals surface area contributed by atoms with Crippen molar-refractivity contribution in [1.29, 1.82) is 0 Å². The molecule has 0 saturated heterocycles. The first kappa shape index (κ1) is 12.4.